The summed E-state index contributed by atoms with van der Waals surface area (Å²) in [6.07, 6.45) is 0. The molecular formula is C36H60AlLiN8O12. The summed E-state index contributed by atoms with van der Waals surface area (Å²) >= 11 is -2.86. The fraction of sp³-hybridized carbons (Fsp3) is 0.667. The molecule has 0 saturated carbocycles. The Hall–Kier alpha value is -3.15. The van der Waals surface area contributed by atoms with Gasteiger partial charge in [-0.2, -0.15) is 0 Å². The monoisotopic (exact) mass is 830 g/mol. The first-order valence-electron chi connectivity index (χ1n) is 18.5. The number of anilines is 3. The van der Waals surface area contributed by atoms with Crippen LogP contribution in [0.2, 0.25) is 0 Å². The molecule has 0 aliphatic heterocycles. The van der Waals surface area contributed by atoms with Crippen LogP contribution in [0.5, 0.6) is 0 Å². The standard InChI is InChI=1S/4C9H15N2O3.Al.Li/c4*1-7-8(2)11-14-9(7)10-6-13-5-4-12-3;;/h4*4-6H2,1-3H3;;/q4*-1;+3;+1. The SMILES string of the molecule is COCCOC[N-]c1onc(C)c1C.COCCOC[N](c1onc(C)c1C)[Al]([N](COCCOC)c1onc(C)c1C)[N](COCCOC)c1onc(C)c1C.[Li+]. The zero-order chi connectivity index (χ0) is 41.7. The molecule has 0 aliphatic carbocycles. The smallest absolute Gasteiger partial charge is 0.629 e. The Morgan fingerprint density at radius 2 is 0.759 bits per heavy atom. The molecule has 4 aromatic rings. The van der Waals surface area contributed by atoms with Gasteiger partial charge >= 0.3 is 33.7 Å². The van der Waals surface area contributed by atoms with Gasteiger partial charge in [0.2, 0.25) is 17.7 Å². The van der Waals surface area contributed by atoms with E-state index >= 15 is 0 Å². The van der Waals surface area contributed by atoms with Crippen LogP contribution in [0.3, 0.4) is 0 Å². The van der Waals surface area contributed by atoms with Gasteiger partial charge in [0.15, 0.2) is 0 Å². The third-order valence-electron chi connectivity index (χ3n) is 8.87. The first kappa shape index (κ1) is 51.0. The number of hydrogen-bond donors (Lipinski definition) is 0. The normalized spacial score (nSPS) is 11.0. The van der Waals surface area contributed by atoms with E-state index in [1.54, 1.807) is 28.4 Å². The molecule has 0 fully saturated rings. The van der Waals surface area contributed by atoms with E-state index in [0.29, 0.717) is 76.4 Å². The molecule has 320 valence electrons. The molecule has 0 N–H and O–H groups in total. The van der Waals surface area contributed by atoms with Crippen molar-refractivity contribution in [1.82, 2.24) is 20.6 Å². The summed E-state index contributed by atoms with van der Waals surface area (Å²) in [5.74, 6) is 2.16. The zero-order valence-corrected chi connectivity index (χ0v) is 37.7. The van der Waals surface area contributed by atoms with E-state index in [0.717, 1.165) is 45.0 Å². The number of hydrogen-bond acceptors (Lipinski definition) is 19. The third-order valence-corrected chi connectivity index (χ3v) is 11.7. The van der Waals surface area contributed by atoms with Crippen molar-refractivity contribution in [3.63, 3.8) is 0 Å². The molecule has 4 heterocycles. The summed E-state index contributed by atoms with van der Waals surface area (Å²) in [7, 11) is 6.52. The first-order valence-corrected chi connectivity index (χ1v) is 20.0. The number of ether oxygens (including phenoxy) is 8. The van der Waals surface area contributed by atoms with Crippen LogP contribution in [0, 0.1) is 55.4 Å². The van der Waals surface area contributed by atoms with E-state index in [1.807, 2.05) is 67.0 Å². The number of nitrogens with zero attached hydrogens (tertiary/aromatic N) is 8. The van der Waals surface area contributed by atoms with Crippen LogP contribution in [-0.4, -0.2) is 144 Å². The largest absolute Gasteiger partial charge is 1.00 e. The number of methoxy groups -OCH3 is 4. The number of aromatic nitrogens is 4. The molecule has 0 atom stereocenters. The Balaban J connectivity index is 0.000000653. The van der Waals surface area contributed by atoms with Crippen LogP contribution < -0.4 is 30.5 Å². The molecule has 22 heteroatoms. The Labute approximate surface area is 358 Å². The van der Waals surface area contributed by atoms with Gasteiger partial charge in [-0.25, -0.2) is 0 Å². The molecule has 20 nitrogen and oxygen atoms in total. The van der Waals surface area contributed by atoms with Gasteiger partial charge in [0, 0.05) is 45.1 Å². The van der Waals surface area contributed by atoms with E-state index in [1.165, 1.54) is 0 Å². The van der Waals surface area contributed by atoms with Crippen molar-refractivity contribution in [3.05, 3.63) is 50.3 Å². The van der Waals surface area contributed by atoms with E-state index < -0.39 is 14.8 Å². The van der Waals surface area contributed by atoms with Gasteiger partial charge in [-0.3, -0.25) is 0 Å². The number of rotatable bonds is 27. The predicted molar refractivity (Wildman–Crippen MR) is 211 cm³/mol. The first-order chi connectivity index (χ1) is 27.5. The minimum atomic E-state index is -2.86. The molecule has 0 radical (unpaired) electrons. The Morgan fingerprint density at radius 3 is 1.03 bits per heavy atom. The average molecular weight is 831 g/mol. The van der Waals surface area contributed by atoms with Crippen molar-refractivity contribution in [2.24, 2.45) is 0 Å². The molecule has 4 aromatic heterocycles. The molecule has 4 rings (SSSR count). The van der Waals surface area contributed by atoms with Crippen LogP contribution in [0.25, 0.3) is 5.32 Å². The molecule has 0 spiro atoms. The van der Waals surface area contributed by atoms with Gasteiger partial charge in [-0.05, 0) is 67.7 Å². The van der Waals surface area contributed by atoms with Crippen LogP contribution >= 0.6 is 0 Å². The van der Waals surface area contributed by atoms with Gasteiger partial charge in [0.1, 0.15) is 20.2 Å². The van der Waals surface area contributed by atoms with Crippen molar-refractivity contribution in [1.29, 1.82) is 0 Å². The van der Waals surface area contributed by atoms with Gasteiger partial charge in [-0.1, -0.05) is 20.6 Å². The van der Waals surface area contributed by atoms with Crippen LogP contribution in [0.4, 0.5) is 23.5 Å². The topological polar surface area (TPSA) is 202 Å². The van der Waals surface area contributed by atoms with Gasteiger partial charge < -0.3 is 73.0 Å². The molecule has 0 amide bonds. The molecular weight excluding hydrogens is 770 g/mol. The Bertz CT molecular complexity index is 1560. The van der Waals surface area contributed by atoms with E-state index in [9.17, 15) is 0 Å². The second kappa shape index (κ2) is 27.6. The maximum atomic E-state index is 6.15. The molecule has 58 heavy (non-hydrogen) atoms. The minimum Gasteiger partial charge on any atom is -0.629 e. The summed E-state index contributed by atoms with van der Waals surface area (Å²) in [4.78, 5) is 0. The Morgan fingerprint density at radius 1 is 0.448 bits per heavy atom. The molecule has 0 aromatic carbocycles. The van der Waals surface area contributed by atoms with Crippen molar-refractivity contribution in [2.75, 3.05) is 120 Å². The molecule has 0 unspecified atom stereocenters. The minimum absolute atomic E-state index is 0. The van der Waals surface area contributed by atoms with Crippen LogP contribution in [0.15, 0.2) is 18.1 Å². The summed E-state index contributed by atoms with van der Waals surface area (Å²) < 4.78 is 73.1. The molecule has 0 aliphatic rings. The second-order valence-corrected chi connectivity index (χ2v) is 15.4. The summed E-state index contributed by atoms with van der Waals surface area (Å²) in [5.41, 5.74) is 6.69. The molecule has 0 bridgehead atoms. The summed E-state index contributed by atoms with van der Waals surface area (Å²) in [6, 6.07) is 0. The number of aryl methyl sites for hydroxylation is 4. The van der Waals surface area contributed by atoms with Crippen molar-refractivity contribution >= 4 is 38.3 Å². The van der Waals surface area contributed by atoms with Gasteiger partial charge in [-0.15, -0.1) is 0 Å². The third kappa shape index (κ3) is 14.8. The quantitative estimate of drug-likeness (QED) is 0.0480. The maximum Gasteiger partial charge on any atom is 1.00 e. The van der Waals surface area contributed by atoms with Gasteiger partial charge in [0.05, 0.1) is 81.5 Å². The second-order valence-electron chi connectivity index (χ2n) is 12.8. The predicted octanol–water partition coefficient (Wildman–Crippen LogP) is 2.09. The fourth-order valence-corrected chi connectivity index (χ4v) is 8.06. The van der Waals surface area contributed by atoms with E-state index in [2.05, 4.69) is 25.9 Å². The average Bonchev–Trinajstić information content (AvgIpc) is 3.93. The maximum absolute atomic E-state index is 6.15. The van der Waals surface area contributed by atoms with E-state index in [-0.39, 0.29) is 45.8 Å². The fourth-order valence-electron chi connectivity index (χ4n) is 4.99. The summed E-state index contributed by atoms with van der Waals surface area (Å²) in [5, 5.41) is 20.7. The van der Waals surface area contributed by atoms with Crippen LogP contribution in [-0.2, 0) is 37.9 Å². The van der Waals surface area contributed by atoms with Crippen molar-refractivity contribution < 1.29 is 74.8 Å². The van der Waals surface area contributed by atoms with E-state index in [4.69, 9.17) is 56.0 Å². The zero-order valence-electron chi connectivity index (χ0n) is 36.5. The Kier molecular flexibility index (Phi) is 24.2. The van der Waals surface area contributed by atoms with Crippen molar-refractivity contribution in [2.45, 2.75) is 55.4 Å². The van der Waals surface area contributed by atoms with Crippen LogP contribution in [0.1, 0.15) is 45.0 Å². The summed E-state index contributed by atoms with van der Waals surface area (Å²) in [6.45, 7) is 19.5. The van der Waals surface area contributed by atoms with Crippen molar-refractivity contribution in [3.8, 4) is 0 Å². The van der Waals surface area contributed by atoms with Gasteiger partial charge in [0.25, 0.3) is 0 Å². The molecule has 0 saturated heterocycles.